The number of carboxylic acids is 1. The first-order valence-corrected chi connectivity index (χ1v) is 10.2. The van der Waals surface area contributed by atoms with Gasteiger partial charge in [0.25, 0.3) is 0 Å². The van der Waals surface area contributed by atoms with Crippen LogP contribution in [-0.2, 0) is 9.53 Å². The standard InChI is InChI=1S/C24H31FO3/c1-2-3-4-5-6-10-17-28-18-22(25)23(24(26)27)21-15-13-20(14-16-21)19-11-8-7-9-12-19/h7-9,11-16,22-23H,2-6,10,17-18H2,1H3,(H,26,27). The van der Waals surface area contributed by atoms with Gasteiger partial charge in [-0.2, -0.15) is 0 Å². The van der Waals surface area contributed by atoms with Gasteiger partial charge in [0.15, 0.2) is 0 Å². The molecule has 2 atom stereocenters. The van der Waals surface area contributed by atoms with E-state index in [0.717, 1.165) is 24.0 Å². The number of carboxylic acid groups (broad SMARTS) is 1. The molecule has 0 aliphatic heterocycles. The molecule has 0 aliphatic rings. The summed E-state index contributed by atoms with van der Waals surface area (Å²) in [6, 6.07) is 16.9. The second-order valence-electron chi connectivity index (χ2n) is 7.16. The molecule has 0 aliphatic carbocycles. The van der Waals surface area contributed by atoms with Crippen molar-refractivity contribution in [2.75, 3.05) is 13.2 Å². The average Bonchev–Trinajstić information content (AvgIpc) is 2.71. The highest BCUT2D eigenvalue weighted by Crippen LogP contribution is 2.26. The predicted octanol–water partition coefficient (Wildman–Crippen LogP) is 6.24. The Hall–Kier alpha value is -2.20. The lowest BCUT2D eigenvalue weighted by atomic mass is 9.93. The Balaban J connectivity index is 1.85. The average molecular weight is 387 g/mol. The summed E-state index contributed by atoms with van der Waals surface area (Å²) in [5.74, 6) is -2.38. The number of unbranched alkanes of at least 4 members (excludes halogenated alkanes) is 5. The Morgan fingerprint density at radius 1 is 0.929 bits per heavy atom. The van der Waals surface area contributed by atoms with Crippen LogP contribution in [0.4, 0.5) is 4.39 Å². The summed E-state index contributed by atoms with van der Waals surface area (Å²) in [6.45, 7) is 2.47. The van der Waals surface area contributed by atoms with Crippen molar-refractivity contribution in [2.45, 2.75) is 57.5 Å². The monoisotopic (exact) mass is 386 g/mol. The molecule has 0 amide bonds. The number of benzene rings is 2. The van der Waals surface area contributed by atoms with Crippen molar-refractivity contribution in [3.8, 4) is 11.1 Å². The van der Waals surface area contributed by atoms with E-state index in [0.29, 0.717) is 12.2 Å². The fourth-order valence-electron chi connectivity index (χ4n) is 3.30. The first kappa shape index (κ1) is 22.1. The molecule has 2 unspecified atom stereocenters. The van der Waals surface area contributed by atoms with Crippen LogP contribution in [0, 0.1) is 0 Å². The summed E-state index contributed by atoms with van der Waals surface area (Å²) < 4.78 is 20.0. The van der Waals surface area contributed by atoms with Crippen LogP contribution in [0.2, 0.25) is 0 Å². The van der Waals surface area contributed by atoms with E-state index in [2.05, 4.69) is 6.92 Å². The van der Waals surface area contributed by atoms with E-state index in [1.165, 1.54) is 25.7 Å². The maximum Gasteiger partial charge on any atom is 0.314 e. The topological polar surface area (TPSA) is 46.5 Å². The summed E-state index contributed by atoms with van der Waals surface area (Å²) in [4.78, 5) is 11.6. The Bertz CT molecular complexity index is 685. The molecule has 0 saturated carbocycles. The van der Waals surface area contributed by atoms with Crippen LogP contribution >= 0.6 is 0 Å². The van der Waals surface area contributed by atoms with Gasteiger partial charge in [0, 0.05) is 6.61 Å². The number of alkyl halides is 1. The minimum Gasteiger partial charge on any atom is -0.481 e. The third-order valence-electron chi connectivity index (χ3n) is 4.92. The molecule has 1 N–H and O–H groups in total. The fourth-order valence-corrected chi connectivity index (χ4v) is 3.30. The Morgan fingerprint density at radius 3 is 2.18 bits per heavy atom. The quantitative estimate of drug-likeness (QED) is 0.415. The molecule has 0 saturated heterocycles. The third kappa shape index (κ3) is 7.08. The van der Waals surface area contributed by atoms with Crippen LogP contribution < -0.4 is 0 Å². The lowest BCUT2D eigenvalue weighted by Gasteiger charge is -2.18. The van der Waals surface area contributed by atoms with Crippen LogP contribution in [0.25, 0.3) is 11.1 Å². The zero-order chi connectivity index (χ0) is 20.2. The van der Waals surface area contributed by atoms with E-state index in [1.54, 1.807) is 12.1 Å². The third-order valence-corrected chi connectivity index (χ3v) is 4.92. The molecular weight excluding hydrogens is 355 g/mol. The number of hydrogen-bond acceptors (Lipinski definition) is 2. The molecule has 0 spiro atoms. The van der Waals surface area contributed by atoms with Crippen LogP contribution in [0.3, 0.4) is 0 Å². The van der Waals surface area contributed by atoms with Gasteiger partial charge in [0.05, 0.1) is 6.61 Å². The van der Waals surface area contributed by atoms with Gasteiger partial charge in [0.2, 0.25) is 0 Å². The van der Waals surface area contributed by atoms with E-state index >= 15 is 0 Å². The van der Waals surface area contributed by atoms with Gasteiger partial charge in [-0.1, -0.05) is 93.6 Å². The molecule has 2 aromatic carbocycles. The summed E-state index contributed by atoms with van der Waals surface area (Å²) in [5, 5.41) is 9.51. The molecule has 0 radical (unpaired) electrons. The second-order valence-corrected chi connectivity index (χ2v) is 7.16. The highest BCUT2D eigenvalue weighted by Gasteiger charge is 2.30. The maximum atomic E-state index is 14.6. The Labute approximate surface area is 167 Å². The zero-order valence-corrected chi connectivity index (χ0v) is 16.6. The van der Waals surface area contributed by atoms with Gasteiger partial charge in [-0.15, -0.1) is 0 Å². The fraction of sp³-hybridized carbons (Fsp3) is 0.458. The number of rotatable bonds is 13. The summed E-state index contributed by atoms with van der Waals surface area (Å²) in [6.07, 6.45) is 5.24. The molecule has 2 rings (SSSR count). The molecule has 3 nitrogen and oxygen atoms in total. The van der Waals surface area contributed by atoms with E-state index in [-0.39, 0.29) is 6.61 Å². The van der Waals surface area contributed by atoms with Crippen LogP contribution in [0.15, 0.2) is 54.6 Å². The first-order chi connectivity index (χ1) is 13.6. The molecule has 152 valence electrons. The molecule has 0 bridgehead atoms. The number of aliphatic carboxylic acids is 1. The Kier molecular flexibility index (Phi) is 9.70. The minimum atomic E-state index is -1.57. The summed E-state index contributed by atoms with van der Waals surface area (Å²) in [7, 11) is 0. The van der Waals surface area contributed by atoms with Crippen molar-refractivity contribution in [3.05, 3.63) is 60.2 Å². The van der Waals surface area contributed by atoms with Crippen molar-refractivity contribution in [2.24, 2.45) is 0 Å². The molecular formula is C24H31FO3. The summed E-state index contributed by atoms with van der Waals surface area (Å²) in [5.41, 5.74) is 2.48. The zero-order valence-electron chi connectivity index (χ0n) is 16.6. The van der Waals surface area contributed by atoms with Crippen molar-refractivity contribution < 1.29 is 19.0 Å². The number of ether oxygens (including phenoxy) is 1. The second kappa shape index (κ2) is 12.3. The van der Waals surface area contributed by atoms with Gasteiger partial charge in [-0.25, -0.2) is 4.39 Å². The van der Waals surface area contributed by atoms with Gasteiger partial charge in [-0.05, 0) is 23.1 Å². The lowest BCUT2D eigenvalue weighted by molar-refractivity contribution is -0.141. The molecule has 0 heterocycles. The highest BCUT2D eigenvalue weighted by molar-refractivity contribution is 5.77. The predicted molar refractivity (Wildman–Crippen MR) is 111 cm³/mol. The van der Waals surface area contributed by atoms with E-state index in [9.17, 15) is 14.3 Å². The van der Waals surface area contributed by atoms with Gasteiger partial charge in [0.1, 0.15) is 12.1 Å². The van der Waals surface area contributed by atoms with Crippen molar-refractivity contribution in [1.82, 2.24) is 0 Å². The normalized spacial score (nSPS) is 13.2. The highest BCUT2D eigenvalue weighted by atomic mass is 19.1. The maximum absolute atomic E-state index is 14.6. The van der Waals surface area contributed by atoms with Gasteiger partial charge >= 0.3 is 5.97 Å². The number of hydrogen-bond donors (Lipinski definition) is 1. The van der Waals surface area contributed by atoms with Gasteiger partial charge < -0.3 is 9.84 Å². The van der Waals surface area contributed by atoms with Crippen LogP contribution in [-0.4, -0.2) is 30.5 Å². The smallest absolute Gasteiger partial charge is 0.314 e. The molecule has 2 aromatic rings. The number of carbonyl (C=O) groups is 1. The molecule has 0 aromatic heterocycles. The van der Waals surface area contributed by atoms with Crippen LogP contribution in [0.5, 0.6) is 0 Å². The SMILES string of the molecule is CCCCCCCCOCC(F)C(C(=O)O)c1ccc(-c2ccccc2)cc1. The van der Waals surface area contributed by atoms with E-state index < -0.39 is 18.1 Å². The molecule has 0 fully saturated rings. The Morgan fingerprint density at radius 2 is 1.54 bits per heavy atom. The largest absolute Gasteiger partial charge is 0.481 e. The minimum absolute atomic E-state index is 0.188. The number of halogens is 1. The first-order valence-electron chi connectivity index (χ1n) is 10.2. The van der Waals surface area contributed by atoms with Crippen LogP contribution in [0.1, 0.15) is 56.9 Å². The summed E-state index contributed by atoms with van der Waals surface area (Å²) >= 11 is 0. The van der Waals surface area contributed by atoms with Gasteiger partial charge in [-0.3, -0.25) is 4.79 Å². The van der Waals surface area contributed by atoms with Crippen molar-refractivity contribution >= 4 is 5.97 Å². The molecule has 28 heavy (non-hydrogen) atoms. The van der Waals surface area contributed by atoms with Crippen molar-refractivity contribution in [1.29, 1.82) is 0 Å². The van der Waals surface area contributed by atoms with E-state index in [4.69, 9.17) is 4.74 Å². The molecule has 4 heteroatoms. The van der Waals surface area contributed by atoms with Crippen molar-refractivity contribution in [3.63, 3.8) is 0 Å². The van der Waals surface area contributed by atoms with E-state index in [1.807, 2.05) is 42.5 Å². The lowest BCUT2D eigenvalue weighted by Crippen LogP contribution is -2.27.